The molecule has 0 radical (unpaired) electrons. The zero-order chi connectivity index (χ0) is 16.3. The van der Waals surface area contributed by atoms with Crippen LogP contribution in [0.25, 0.3) is 0 Å². The van der Waals surface area contributed by atoms with Gasteiger partial charge in [-0.1, -0.05) is 25.1 Å². The summed E-state index contributed by atoms with van der Waals surface area (Å²) < 4.78 is 9.91. The van der Waals surface area contributed by atoms with Gasteiger partial charge in [-0.3, -0.25) is 9.69 Å². The number of fused-ring (bicyclic) bond motifs is 1. The van der Waals surface area contributed by atoms with Crippen molar-refractivity contribution in [2.24, 2.45) is 0 Å². The van der Waals surface area contributed by atoms with Gasteiger partial charge in [0.25, 0.3) is 5.91 Å². The number of benzene rings is 1. The summed E-state index contributed by atoms with van der Waals surface area (Å²) in [5, 5.41) is 0. The maximum atomic E-state index is 12.5. The quantitative estimate of drug-likeness (QED) is 0.802. The van der Waals surface area contributed by atoms with Crippen LogP contribution in [0.15, 0.2) is 18.2 Å². The fourth-order valence-electron chi connectivity index (χ4n) is 3.21. The second-order valence-electron chi connectivity index (χ2n) is 5.59. The molecular formula is C17H23NO4. The van der Waals surface area contributed by atoms with Crippen LogP contribution < -0.4 is 4.90 Å². The average molecular weight is 305 g/mol. The third-order valence-corrected chi connectivity index (χ3v) is 4.27. The molecule has 1 amide bonds. The van der Waals surface area contributed by atoms with Gasteiger partial charge in [0.15, 0.2) is 0 Å². The molecule has 0 fully saturated rings. The molecule has 0 N–H and O–H groups in total. The Hall–Kier alpha value is -1.88. The van der Waals surface area contributed by atoms with Crippen molar-refractivity contribution in [3.05, 3.63) is 29.3 Å². The Morgan fingerprint density at radius 3 is 2.64 bits per heavy atom. The average Bonchev–Trinajstić information content (AvgIpc) is 2.53. The molecule has 120 valence electrons. The van der Waals surface area contributed by atoms with Gasteiger partial charge in [0, 0.05) is 7.11 Å². The van der Waals surface area contributed by atoms with Crippen molar-refractivity contribution >= 4 is 17.6 Å². The lowest BCUT2D eigenvalue weighted by Gasteiger charge is -2.40. The van der Waals surface area contributed by atoms with Crippen LogP contribution in [-0.4, -0.2) is 38.7 Å². The summed E-state index contributed by atoms with van der Waals surface area (Å²) in [5.74, 6) is -0.356. The number of carbonyl (C=O) groups is 2. The molecular weight excluding hydrogens is 282 g/mol. The number of ether oxygens (including phenoxy) is 2. The van der Waals surface area contributed by atoms with Gasteiger partial charge < -0.3 is 9.47 Å². The standard InChI is InChI=1S/C17H23NO4/c1-5-12-9-14(17(20)22-4)18(15(19)10-21-3)16-11(2)7-6-8-13(12)16/h6-8,12,14H,5,9-10H2,1-4H3. The van der Waals surface area contributed by atoms with Crippen LogP contribution in [0.5, 0.6) is 0 Å². The Bertz CT molecular complexity index is 570. The van der Waals surface area contributed by atoms with Crippen molar-refractivity contribution in [1.29, 1.82) is 0 Å². The zero-order valence-electron chi connectivity index (χ0n) is 13.6. The minimum atomic E-state index is -0.591. The van der Waals surface area contributed by atoms with Gasteiger partial charge in [-0.05, 0) is 36.8 Å². The smallest absolute Gasteiger partial charge is 0.328 e. The van der Waals surface area contributed by atoms with E-state index in [9.17, 15) is 9.59 Å². The number of methoxy groups -OCH3 is 2. The Morgan fingerprint density at radius 2 is 2.05 bits per heavy atom. The van der Waals surface area contributed by atoms with E-state index < -0.39 is 6.04 Å². The molecule has 1 heterocycles. The molecule has 2 unspecified atom stereocenters. The Kier molecular flexibility index (Phi) is 5.19. The number of aryl methyl sites for hydroxylation is 1. The van der Waals surface area contributed by atoms with Crippen LogP contribution in [0.4, 0.5) is 5.69 Å². The summed E-state index contributed by atoms with van der Waals surface area (Å²) in [5.41, 5.74) is 2.93. The van der Waals surface area contributed by atoms with Crippen LogP contribution in [-0.2, 0) is 19.1 Å². The molecule has 5 heteroatoms. The van der Waals surface area contributed by atoms with Crippen LogP contribution in [0.1, 0.15) is 36.8 Å². The summed E-state index contributed by atoms with van der Waals surface area (Å²) in [4.78, 5) is 26.3. The van der Waals surface area contributed by atoms with Gasteiger partial charge >= 0.3 is 5.97 Å². The molecule has 5 nitrogen and oxygen atoms in total. The predicted molar refractivity (Wildman–Crippen MR) is 84.0 cm³/mol. The van der Waals surface area contributed by atoms with Crippen LogP contribution >= 0.6 is 0 Å². The van der Waals surface area contributed by atoms with Crippen molar-refractivity contribution in [3.63, 3.8) is 0 Å². The fraction of sp³-hybridized carbons (Fsp3) is 0.529. The Morgan fingerprint density at radius 1 is 1.32 bits per heavy atom. The van der Waals surface area contributed by atoms with Crippen molar-refractivity contribution in [1.82, 2.24) is 0 Å². The van der Waals surface area contributed by atoms with Gasteiger partial charge in [0.05, 0.1) is 12.8 Å². The first kappa shape index (κ1) is 16.5. The normalized spacial score (nSPS) is 20.5. The lowest BCUT2D eigenvalue weighted by atomic mass is 9.82. The maximum absolute atomic E-state index is 12.5. The first-order valence-corrected chi connectivity index (χ1v) is 7.53. The minimum absolute atomic E-state index is 0.0575. The highest BCUT2D eigenvalue weighted by Gasteiger charge is 2.40. The lowest BCUT2D eigenvalue weighted by Crippen LogP contribution is -2.51. The molecule has 0 bridgehead atoms. The van der Waals surface area contributed by atoms with E-state index in [0.29, 0.717) is 6.42 Å². The maximum Gasteiger partial charge on any atom is 0.328 e. The molecule has 1 aromatic carbocycles. The Labute approximate surface area is 131 Å². The monoisotopic (exact) mass is 305 g/mol. The van der Waals surface area contributed by atoms with E-state index in [1.54, 1.807) is 4.90 Å². The number of anilines is 1. The highest BCUT2D eigenvalue weighted by Crippen LogP contribution is 2.42. The number of esters is 1. The van der Waals surface area contributed by atoms with Crippen molar-refractivity contribution in [2.75, 3.05) is 25.7 Å². The van der Waals surface area contributed by atoms with Gasteiger partial charge in [0.2, 0.25) is 0 Å². The molecule has 1 aliphatic rings. The van der Waals surface area contributed by atoms with Gasteiger partial charge in [-0.2, -0.15) is 0 Å². The molecule has 0 saturated carbocycles. The van der Waals surface area contributed by atoms with E-state index in [1.165, 1.54) is 14.2 Å². The molecule has 1 aromatic rings. The number of hydrogen-bond acceptors (Lipinski definition) is 4. The van der Waals surface area contributed by atoms with E-state index in [-0.39, 0.29) is 24.4 Å². The topological polar surface area (TPSA) is 55.8 Å². The summed E-state index contributed by atoms with van der Waals surface area (Å²) in [6, 6.07) is 5.40. The van der Waals surface area contributed by atoms with E-state index in [1.807, 2.05) is 25.1 Å². The molecule has 2 rings (SSSR count). The van der Waals surface area contributed by atoms with Gasteiger partial charge in [-0.15, -0.1) is 0 Å². The second kappa shape index (κ2) is 6.92. The van der Waals surface area contributed by atoms with Crippen LogP contribution in [0.3, 0.4) is 0 Å². The van der Waals surface area contributed by atoms with E-state index >= 15 is 0 Å². The minimum Gasteiger partial charge on any atom is -0.467 e. The highest BCUT2D eigenvalue weighted by molar-refractivity contribution is 6.02. The van der Waals surface area contributed by atoms with E-state index in [4.69, 9.17) is 9.47 Å². The highest BCUT2D eigenvalue weighted by atomic mass is 16.5. The number of carbonyl (C=O) groups excluding carboxylic acids is 2. The summed E-state index contributed by atoms with van der Waals surface area (Å²) in [7, 11) is 2.83. The third-order valence-electron chi connectivity index (χ3n) is 4.27. The molecule has 0 aliphatic carbocycles. The first-order chi connectivity index (χ1) is 10.5. The largest absolute Gasteiger partial charge is 0.467 e. The second-order valence-corrected chi connectivity index (χ2v) is 5.59. The van der Waals surface area contributed by atoms with Crippen LogP contribution in [0.2, 0.25) is 0 Å². The Balaban J connectivity index is 2.57. The van der Waals surface area contributed by atoms with Gasteiger partial charge in [-0.25, -0.2) is 4.79 Å². The molecule has 0 aromatic heterocycles. The van der Waals surface area contributed by atoms with Crippen molar-refractivity contribution in [2.45, 2.75) is 38.6 Å². The summed E-state index contributed by atoms with van der Waals surface area (Å²) >= 11 is 0. The molecule has 0 spiro atoms. The summed E-state index contributed by atoms with van der Waals surface area (Å²) in [6.07, 6.45) is 1.49. The van der Waals surface area contributed by atoms with E-state index in [0.717, 1.165) is 23.2 Å². The van der Waals surface area contributed by atoms with Crippen molar-refractivity contribution < 1.29 is 19.1 Å². The zero-order valence-corrected chi connectivity index (χ0v) is 13.6. The summed E-state index contributed by atoms with van der Waals surface area (Å²) in [6.45, 7) is 3.99. The fourth-order valence-corrected chi connectivity index (χ4v) is 3.21. The SMILES string of the molecule is CCC1CC(C(=O)OC)N(C(=O)COC)c2c(C)cccc21. The number of hydrogen-bond donors (Lipinski definition) is 0. The van der Waals surface area contributed by atoms with Gasteiger partial charge in [0.1, 0.15) is 12.6 Å². The molecule has 0 saturated heterocycles. The van der Waals surface area contributed by atoms with Crippen LogP contribution in [0, 0.1) is 6.92 Å². The van der Waals surface area contributed by atoms with Crippen molar-refractivity contribution in [3.8, 4) is 0 Å². The first-order valence-electron chi connectivity index (χ1n) is 7.53. The third kappa shape index (κ3) is 2.86. The lowest BCUT2D eigenvalue weighted by molar-refractivity contribution is -0.144. The van der Waals surface area contributed by atoms with E-state index in [2.05, 4.69) is 6.92 Å². The number of nitrogens with zero attached hydrogens (tertiary/aromatic N) is 1. The number of rotatable bonds is 4. The molecule has 2 atom stereocenters. The number of para-hydroxylation sites is 1. The predicted octanol–water partition coefficient (Wildman–Crippen LogP) is 2.41. The molecule has 22 heavy (non-hydrogen) atoms. The number of amides is 1. The molecule has 1 aliphatic heterocycles.